The summed E-state index contributed by atoms with van der Waals surface area (Å²) in [6, 6.07) is 13.5. The van der Waals surface area contributed by atoms with Gasteiger partial charge in [0.2, 0.25) is 6.29 Å². The molecule has 0 bridgehead atoms. The summed E-state index contributed by atoms with van der Waals surface area (Å²) in [6.07, 6.45) is -6.64. The monoisotopic (exact) mass is 386 g/mol. The van der Waals surface area contributed by atoms with Gasteiger partial charge in [0, 0.05) is 6.07 Å². The van der Waals surface area contributed by atoms with Gasteiger partial charge in [0.1, 0.15) is 35.9 Å². The van der Waals surface area contributed by atoms with Crippen molar-refractivity contribution in [3.63, 3.8) is 0 Å². The molecule has 1 aromatic heterocycles. The van der Waals surface area contributed by atoms with Gasteiger partial charge in [0.05, 0.1) is 10.9 Å². The summed E-state index contributed by atoms with van der Waals surface area (Å²) in [5, 5.41) is 39.1. The van der Waals surface area contributed by atoms with Crippen molar-refractivity contribution in [2.75, 3.05) is 0 Å². The Morgan fingerprint density at radius 2 is 1.64 bits per heavy atom. The lowest BCUT2D eigenvalue weighted by Crippen LogP contribution is -2.59. The predicted octanol–water partition coefficient (Wildman–Crippen LogP) is 0.596. The highest BCUT2D eigenvalue weighted by molar-refractivity contribution is 5.82. The second-order valence-corrected chi connectivity index (χ2v) is 6.49. The first-order valence-corrected chi connectivity index (χ1v) is 8.61. The first-order chi connectivity index (χ1) is 13.5. The molecule has 5 unspecified atom stereocenters. The average Bonchev–Trinajstić information content (AvgIpc) is 2.71. The number of hydrogen-bond acceptors (Lipinski definition) is 8. The van der Waals surface area contributed by atoms with Crippen molar-refractivity contribution >= 4 is 11.0 Å². The van der Waals surface area contributed by atoms with E-state index in [0.29, 0.717) is 10.9 Å². The van der Waals surface area contributed by atoms with Crippen LogP contribution in [-0.4, -0.2) is 51.3 Å². The molecule has 0 spiro atoms. The molecule has 0 radical (unpaired) electrons. The number of benzene rings is 2. The van der Waals surface area contributed by atoms with E-state index in [1.807, 2.05) is 30.3 Å². The van der Waals surface area contributed by atoms with E-state index in [-0.39, 0.29) is 16.8 Å². The largest absolute Gasteiger partial charge is 0.463 e. The summed E-state index contributed by atoms with van der Waals surface area (Å²) in [4.78, 5) is 12.7. The highest BCUT2D eigenvalue weighted by Gasteiger charge is 2.44. The van der Waals surface area contributed by atoms with Gasteiger partial charge in [-0.1, -0.05) is 30.3 Å². The van der Waals surface area contributed by atoms with Crippen LogP contribution in [0.25, 0.3) is 22.1 Å². The third-order valence-corrected chi connectivity index (χ3v) is 4.63. The number of fused-ring (bicyclic) bond motifs is 1. The predicted molar refractivity (Wildman–Crippen MR) is 97.4 cm³/mol. The van der Waals surface area contributed by atoms with Gasteiger partial charge < -0.3 is 34.3 Å². The van der Waals surface area contributed by atoms with Crippen molar-refractivity contribution in [3.05, 3.63) is 65.0 Å². The van der Waals surface area contributed by atoms with E-state index < -0.39 is 30.9 Å². The van der Waals surface area contributed by atoms with Crippen LogP contribution in [0.2, 0.25) is 0 Å². The minimum Gasteiger partial charge on any atom is -0.463 e. The molecule has 0 amide bonds. The molecule has 0 saturated carbocycles. The molecule has 1 fully saturated rings. The SMILES string of the molecule is O=c1c(-c2ccccc2)coc2cc(OC3OC(O)C(O)C(O)C3O)ccc12. The Hall–Kier alpha value is -2.75. The second kappa shape index (κ2) is 7.34. The maximum Gasteiger partial charge on any atom is 0.231 e. The van der Waals surface area contributed by atoms with Gasteiger partial charge in [0.25, 0.3) is 0 Å². The Morgan fingerprint density at radius 1 is 0.893 bits per heavy atom. The first-order valence-electron chi connectivity index (χ1n) is 8.61. The lowest BCUT2D eigenvalue weighted by Gasteiger charge is -2.37. The summed E-state index contributed by atoms with van der Waals surface area (Å²) < 4.78 is 16.0. The molecule has 4 N–H and O–H groups in total. The van der Waals surface area contributed by atoms with Crippen LogP contribution in [0.15, 0.2) is 64.0 Å². The second-order valence-electron chi connectivity index (χ2n) is 6.49. The van der Waals surface area contributed by atoms with Gasteiger partial charge in [0.15, 0.2) is 11.7 Å². The maximum atomic E-state index is 12.7. The fourth-order valence-corrected chi connectivity index (χ4v) is 3.06. The van der Waals surface area contributed by atoms with Crippen LogP contribution in [0.3, 0.4) is 0 Å². The molecule has 146 valence electrons. The standard InChI is InChI=1S/C20H18O8/c21-15-12-7-6-11(27-20-18(24)16(22)17(23)19(25)28-20)8-14(12)26-9-13(15)10-4-2-1-3-5-10/h1-9,16-20,22-25H. The molecular weight excluding hydrogens is 368 g/mol. The summed E-state index contributed by atoms with van der Waals surface area (Å²) in [5.41, 5.74) is 1.21. The summed E-state index contributed by atoms with van der Waals surface area (Å²) in [5.74, 6) is 0.183. The van der Waals surface area contributed by atoms with E-state index in [1.165, 1.54) is 24.5 Å². The number of aliphatic hydroxyl groups is 4. The number of ether oxygens (including phenoxy) is 2. The highest BCUT2D eigenvalue weighted by atomic mass is 16.7. The molecule has 2 aromatic carbocycles. The lowest BCUT2D eigenvalue weighted by atomic mass is 10.0. The van der Waals surface area contributed by atoms with Crippen molar-refractivity contribution in [1.29, 1.82) is 0 Å². The molecule has 1 saturated heterocycles. The summed E-state index contributed by atoms with van der Waals surface area (Å²) in [7, 11) is 0. The Bertz CT molecular complexity index is 1030. The van der Waals surface area contributed by atoms with Gasteiger partial charge in [-0.25, -0.2) is 0 Å². The van der Waals surface area contributed by atoms with Crippen molar-refractivity contribution in [2.45, 2.75) is 30.9 Å². The fourth-order valence-electron chi connectivity index (χ4n) is 3.06. The molecule has 8 heteroatoms. The minimum absolute atomic E-state index is 0.183. The zero-order chi connectivity index (χ0) is 19.8. The molecule has 1 aliphatic rings. The van der Waals surface area contributed by atoms with Gasteiger partial charge in [-0.2, -0.15) is 0 Å². The molecule has 2 heterocycles. The molecule has 1 aliphatic heterocycles. The summed E-state index contributed by atoms with van der Waals surface area (Å²) in [6.45, 7) is 0. The van der Waals surface area contributed by atoms with Gasteiger partial charge >= 0.3 is 0 Å². The van der Waals surface area contributed by atoms with E-state index in [2.05, 4.69) is 0 Å². The van der Waals surface area contributed by atoms with E-state index in [4.69, 9.17) is 13.9 Å². The lowest BCUT2D eigenvalue weighted by molar-refractivity contribution is -0.321. The Morgan fingerprint density at radius 3 is 2.39 bits per heavy atom. The molecule has 5 atom stereocenters. The van der Waals surface area contributed by atoms with Gasteiger partial charge in [-0.3, -0.25) is 4.79 Å². The van der Waals surface area contributed by atoms with Gasteiger partial charge in [-0.15, -0.1) is 0 Å². The topological polar surface area (TPSA) is 130 Å². The van der Waals surface area contributed by atoms with Crippen LogP contribution in [0, 0.1) is 0 Å². The zero-order valence-electron chi connectivity index (χ0n) is 14.5. The smallest absolute Gasteiger partial charge is 0.231 e. The van der Waals surface area contributed by atoms with E-state index in [1.54, 1.807) is 0 Å². The quantitative estimate of drug-likeness (QED) is 0.515. The zero-order valence-corrected chi connectivity index (χ0v) is 14.5. The third-order valence-electron chi connectivity index (χ3n) is 4.63. The van der Waals surface area contributed by atoms with Crippen molar-refractivity contribution in [3.8, 4) is 16.9 Å². The molecule has 28 heavy (non-hydrogen) atoms. The first kappa shape index (κ1) is 18.6. The van der Waals surface area contributed by atoms with Crippen LogP contribution >= 0.6 is 0 Å². The number of aliphatic hydroxyl groups excluding tert-OH is 4. The molecule has 0 aliphatic carbocycles. The van der Waals surface area contributed by atoms with E-state index in [9.17, 15) is 25.2 Å². The van der Waals surface area contributed by atoms with E-state index >= 15 is 0 Å². The number of hydrogen-bond donors (Lipinski definition) is 4. The molecule has 4 rings (SSSR count). The summed E-state index contributed by atoms with van der Waals surface area (Å²) >= 11 is 0. The normalized spacial score (nSPS) is 27.6. The van der Waals surface area contributed by atoms with Crippen LogP contribution < -0.4 is 10.2 Å². The molecule has 3 aromatic rings. The highest BCUT2D eigenvalue weighted by Crippen LogP contribution is 2.26. The average molecular weight is 386 g/mol. The van der Waals surface area contributed by atoms with E-state index in [0.717, 1.165) is 5.56 Å². The number of rotatable bonds is 3. The fraction of sp³-hybridized carbons (Fsp3) is 0.250. The maximum absolute atomic E-state index is 12.7. The molecule has 8 nitrogen and oxygen atoms in total. The van der Waals surface area contributed by atoms with Crippen molar-refractivity contribution < 1.29 is 34.3 Å². The Labute approximate surface area is 158 Å². The Kier molecular flexibility index (Phi) is 4.88. The third kappa shape index (κ3) is 3.28. The van der Waals surface area contributed by atoms with Crippen LogP contribution in [0.1, 0.15) is 0 Å². The van der Waals surface area contributed by atoms with Crippen LogP contribution in [0.4, 0.5) is 0 Å². The van der Waals surface area contributed by atoms with Gasteiger partial charge in [-0.05, 0) is 17.7 Å². The van der Waals surface area contributed by atoms with Crippen molar-refractivity contribution in [2.24, 2.45) is 0 Å². The van der Waals surface area contributed by atoms with Crippen LogP contribution in [0.5, 0.6) is 5.75 Å². The van der Waals surface area contributed by atoms with Crippen LogP contribution in [-0.2, 0) is 4.74 Å². The minimum atomic E-state index is -1.71. The Balaban J connectivity index is 1.63. The molecular formula is C20H18O8. The van der Waals surface area contributed by atoms with Crippen molar-refractivity contribution in [1.82, 2.24) is 0 Å².